The Hall–Kier alpha value is -1.93. The van der Waals surface area contributed by atoms with Gasteiger partial charge in [0.2, 0.25) is 5.91 Å². The van der Waals surface area contributed by atoms with Crippen molar-refractivity contribution in [2.45, 2.75) is 45.1 Å². The summed E-state index contributed by atoms with van der Waals surface area (Å²) in [7, 11) is -3.04. The number of thiophene rings is 1. The highest BCUT2D eigenvalue weighted by atomic mass is 32.2. The van der Waals surface area contributed by atoms with Gasteiger partial charge in [0.25, 0.3) is 5.91 Å². The van der Waals surface area contributed by atoms with Gasteiger partial charge in [0.1, 0.15) is 0 Å². The highest BCUT2D eigenvalue weighted by Crippen LogP contribution is 2.35. The van der Waals surface area contributed by atoms with Crippen molar-refractivity contribution in [1.82, 2.24) is 9.80 Å². The maximum Gasteiger partial charge on any atom is 0.264 e. The van der Waals surface area contributed by atoms with Crippen molar-refractivity contribution in [3.8, 4) is 0 Å². The van der Waals surface area contributed by atoms with Crippen molar-refractivity contribution < 1.29 is 18.0 Å². The SMILES string of the molecule is CC(=O)N1CCCCC[C@@H]1Cc1c(C(=O)N2CCS(=O)(=O)CC2)sc2ccccc12. The minimum atomic E-state index is -3.04. The maximum atomic E-state index is 13.4. The molecule has 2 fully saturated rings. The largest absolute Gasteiger partial charge is 0.340 e. The average molecular weight is 449 g/mol. The third-order valence-electron chi connectivity index (χ3n) is 6.25. The number of hydrogen-bond donors (Lipinski definition) is 0. The van der Waals surface area contributed by atoms with E-state index in [1.807, 2.05) is 29.2 Å². The lowest BCUT2D eigenvalue weighted by molar-refractivity contribution is -0.131. The zero-order valence-corrected chi connectivity index (χ0v) is 18.9. The van der Waals surface area contributed by atoms with Gasteiger partial charge in [-0.25, -0.2) is 8.42 Å². The second kappa shape index (κ2) is 8.67. The highest BCUT2D eigenvalue weighted by Gasteiger charge is 2.31. The van der Waals surface area contributed by atoms with Crippen LogP contribution in [0.3, 0.4) is 0 Å². The van der Waals surface area contributed by atoms with Crippen molar-refractivity contribution in [2.75, 3.05) is 31.1 Å². The lowest BCUT2D eigenvalue weighted by Crippen LogP contribution is -2.44. The Morgan fingerprint density at radius 1 is 1.07 bits per heavy atom. The number of sulfone groups is 1. The fraction of sp³-hybridized carbons (Fsp3) is 0.545. The topological polar surface area (TPSA) is 74.8 Å². The van der Waals surface area contributed by atoms with E-state index >= 15 is 0 Å². The number of carbonyl (C=O) groups excluding carboxylic acids is 2. The number of fused-ring (bicyclic) bond motifs is 1. The third-order valence-corrected chi connectivity index (χ3v) is 9.06. The molecule has 1 atom stereocenters. The molecule has 2 aromatic rings. The van der Waals surface area contributed by atoms with Crippen LogP contribution in [0.4, 0.5) is 0 Å². The van der Waals surface area contributed by atoms with Gasteiger partial charge in [-0.1, -0.05) is 31.0 Å². The Labute approximate surface area is 181 Å². The van der Waals surface area contributed by atoms with Gasteiger partial charge in [0, 0.05) is 37.3 Å². The smallest absolute Gasteiger partial charge is 0.264 e. The molecule has 3 heterocycles. The number of rotatable bonds is 3. The number of amides is 2. The summed E-state index contributed by atoms with van der Waals surface area (Å²) >= 11 is 1.48. The molecule has 2 aliphatic rings. The van der Waals surface area contributed by atoms with Gasteiger partial charge in [0.05, 0.1) is 16.4 Å². The minimum absolute atomic E-state index is 0.0275. The summed E-state index contributed by atoms with van der Waals surface area (Å²) in [6.07, 6.45) is 4.84. The molecule has 0 unspecified atom stereocenters. The van der Waals surface area contributed by atoms with Crippen molar-refractivity contribution in [3.63, 3.8) is 0 Å². The zero-order chi connectivity index (χ0) is 21.3. The van der Waals surface area contributed by atoms with Crippen LogP contribution < -0.4 is 0 Å². The molecule has 0 saturated carbocycles. The van der Waals surface area contributed by atoms with E-state index in [9.17, 15) is 18.0 Å². The Balaban J connectivity index is 1.68. The van der Waals surface area contributed by atoms with E-state index in [-0.39, 0.29) is 42.5 Å². The first-order chi connectivity index (χ1) is 14.4. The number of hydrogen-bond acceptors (Lipinski definition) is 5. The van der Waals surface area contributed by atoms with Gasteiger partial charge in [-0.15, -0.1) is 11.3 Å². The Morgan fingerprint density at radius 2 is 1.80 bits per heavy atom. The van der Waals surface area contributed by atoms with Crippen molar-refractivity contribution in [3.05, 3.63) is 34.7 Å². The van der Waals surface area contributed by atoms with Crippen LogP contribution in [0, 0.1) is 0 Å². The molecule has 0 N–H and O–H groups in total. The van der Waals surface area contributed by atoms with Crippen molar-refractivity contribution in [1.29, 1.82) is 0 Å². The third kappa shape index (κ3) is 4.39. The Kier molecular flexibility index (Phi) is 6.16. The standard InChI is InChI=1S/C22H28N2O4S2/c1-16(25)24-10-6-2-3-7-17(24)15-19-18-8-4-5-9-20(18)29-21(19)22(26)23-11-13-30(27,28)14-12-23/h4-5,8-9,17H,2-3,6-7,10-15H2,1H3/t17-/m1/s1. The van der Waals surface area contributed by atoms with E-state index in [2.05, 4.69) is 0 Å². The summed E-state index contributed by atoms with van der Waals surface area (Å²) in [5.74, 6) is 0.0685. The molecular formula is C22H28N2O4S2. The summed E-state index contributed by atoms with van der Waals surface area (Å²) in [5, 5.41) is 1.07. The Bertz CT molecular complexity index is 1050. The molecule has 4 rings (SSSR count). The number of nitrogens with zero attached hydrogens (tertiary/aromatic N) is 2. The van der Waals surface area contributed by atoms with Gasteiger partial charge in [-0.2, -0.15) is 0 Å². The summed E-state index contributed by atoms with van der Waals surface area (Å²) in [4.78, 5) is 30.0. The molecule has 1 aromatic carbocycles. The van der Waals surface area contributed by atoms with Crippen LogP contribution in [-0.4, -0.2) is 67.2 Å². The molecule has 0 aliphatic carbocycles. The summed E-state index contributed by atoms with van der Waals surface area (Å²) in [5.41, 5.74) is 1.01. The molecule has 0 spiro atoms. The van der Waals surface area contributed by atoms with Crippen LogP contribution in [0.15, 0.2) is 24.3 Å². The molecule has 162 valence electrons. The quantitative estimate of drug-likeness (QED) is 0.723. The molecule has 2 amide bonds. The van der Waals surface area contributed by atoms with Crippen LogP contribution in [0.1, 0.15) is 47.8 Å². The van der Waals surface area contributed by atoms with Crippen LogP contribution in [0.2, 0.25) is 0 Å². The molecule has 2 aliphatic heterocycles. The maximum absolute atomic E-state index is 13.4. The van der Waals surface area contributed by atoms with E-state index in [0.29, 0.717) is 11.3 Å². The van der Waals surface area contributed by atoms with E-state index in [4.69, 9.17) is 0 Å². The summed E-state index contributed by atoms with van der Waals surface area (Å²) < 4.78 is 24.6. The second-order valence-electron chi connectivity index (χ2n) is 8.27. The first-order valence-electron chi connectivity index (χ1n) is 10.6. The van der Waals surface area contributed by atoms with Crippen LogP contribution in [0.25, 0.3) is 10.1 Å². The van der Waals surface area contributed by atoms with Gasteiger partial charge < -0.3 is 9.80 Å². The van der Waals surface area contributed by atoms with Gasteiger partial charge in [-0.05, 0) is 36.3 Å². The summed E-state index contributed by atoms with van der Waals surface area (Å²) in [6, 6.07) is 8.12. The van der Waals surface area contributed by atoms with Gasteiger partial charge in [-0.3, -0.25) is 9.59 Å². The van der Waals surface area contributed by atoms with Crippen LogP contribution >= 0.6 is 11.3 Å². The fourth-order valence-corrected chi connectivity index (χ4v) is 6.97. The molecule has 2 saturated heterocycles. The molecule has 8 heteroatoms. The second-order valence-corrected chi connectivity index (χ2v) is 11.6. The number of carbonyl (C=O) groups is 2. The van der Waals surface area contributed by atoms with Gasteiger partial charge >= 0.3 is 0 Å². The van der Waals surface area contributed by atoms with E-state index < -0.39 is 9.84 Å². The monoisotopic (exact) mass is 448 g/mol. The Morgan fingerprint density at radius 3 is 2.53 bits per heavy atom. The number of likely N-dealkylation sites (tertiary alicyclic amines) is 1. The lowest BCUT2D eigenvalue weighted by atomic mass is 9.97. The summed E-state index contributed by atoms with van der Waals surface area (Å²) in [6.45, 7) is 2.90. The molecule has 0 radical (unpaired) electrons. The normalized spacial score (nSPS) is 22.1. The van der Waals surface area contributed by atoms with Crippen molar-refractivity contribution >= 4 is 43.1 Å². The first kappa shape index (κ1) is 21.3. The fourth-order valence-electron chi connectivity index (χ4n) is 4.57. The van der Waals surface area contributed by atoms with Crippen LogP contribution in [-0.2, 0) is 21.1 Å². The van der Waals surface area contributed by atoms with E-state index in [0.717, 1.165) is 47.9 Å². The van der Waals surface area contributed by atoms with E-state index in [1.165, 1.54) is 11.3 Å². The van der Waals surface area contributed by atoms with Crippen LogP contribution in [0.5, 0.6) is 0 Å². The first-order valence-corrected chi connectivity index (χ1v) is 13.3. The zero-order valence-electron chi connectivity index (χ0n) is 17.3. The predicted molar refractivity (Wildman–Crippen MR) is 120 cm³/mol. The van der Waals surface area contributed by atoms with Gasteiger partial charge in [0.15, 0.2) is 9.84 Å². The predicted octanol–water partition coefficient (Wildman–Crippen LogP) is 3.11. The molecule has 0 bridgehead atoms. The van der Waals surface area contributed by atoms with E-state index in [1.54, 1.807) is 11.8 Å². The minimum Gasteiger partial charge on any atom is -0.340 e. The van der Waals surface area contributed by atoms with Crippen molar-refractivity contribution in [2.24, 2.45) is 0 Å². The highest BCUT2D eigenvalue weighted by molar-refractivity contribution is 7.91. The lowest BCUT2D eigenvalue weighted by Gasteiger charge is -2.30. The molecule has 6 nitrogen and oxygen atoms in total. The average Bonchev–Trinajstić information content (AvgIpc) is 2.90. The molecule has 30 heavy (non-hydrogen) atoms. The molecular weight excluding hydrogens is 420 g/mol. The number of benzene rings is 1. The molecule has 1 aromatic heterocycles.